The second-order valence-corrected chi connectivity index (χ2v) is 11.2. The summed E-state index contributed by atoms with van der Waals surface area (Å²) in [6, 6.07) is 7.54. The van der Waals surface area contributed by atoms with Crippen LogP contribution in [0, 0.1) is 19.3 Å². The zero-order valence-corrected chi connectivity index (χ0v) is 22.5. The zero-order valence-electron chi connectivity index (χ0n) is 22.5. The maximum absolute atomic E-state index is 13.3. The lowest BCUT2D eigenvalue weighted by atomic mass is 9.81. The molecule has 0 bridgehead atoms. The van der Waals surface area contributed by atoms with E-state index in [0.717, 1.165) is 66.0 Å². The predicted molar refractivity (Wildman–Crippen MR) is 140 cm³/mol. The SMILES string of the molecule is CCOC(=O)[C@@H](OC(C)(C)C)c1c(C)nc(C)c(-c2ccc(C=O)cc2)c1N1CCC(C)(C)CC1. The van der Waals surface area contributed by atoms with Crippen LogP contribution in [0.1, 0.15) is 87.8 Å². The van der Waals surface area contributed by atoms with Crippen LogP contribution in [0.3, 0.4) is 0 Å². The Balaban J connectivity index is 2.30. The van der Waals surface area contributed by atoms with Crippen LogP contribution in [0.25, 0.3) is 11.1 Å². The third-order valence-electron chi connectivity index (χ3n) is 6.58. The molecule has 1 saturated heterocycles. The van der Waals surface area contributed by atoms with Crippen LogP contribution in [-0.4, -0.2) is 42.5 Å². The van der Waals surface area contributed by atoms with E-state index in [1.165, 1.54) is 0 Å². The summed E-state index contributed by atoms with van der Waals surface area (Å²) in [6.07, 6.45) is 2.03. The summed E-state index contributed by atoms with van der Waals surface area (Å²) < 4.78 is 11.9. The molecule has 0 N–H and O–H groups in total. The Morgan fingerprint density at radius 1 is 1.11 bits per heavy atom. The van der Waals surface area contributed by atoms with Crippen LogP contribution in [0.2, 0.25) is 0 Å². The molecule has 1 aromatic heterocycles. The van der Waals surface area contributed by atoms with Gasteiger partial charge in [-0.1, -0.05) is 38.1 Å². The van der Waals surface area contributed by atoms with Gasteiger partial charge in [0.15, 0.2) is 6.10 Å². The Hall–Kier alpha value is -2.73. The highest BCUT2D eigenvalue weighted by Crippen LogP contribution is 2.45. The third kappa shape index (κ3) is 6.29. The first-order valence-corrected chi connectivity index (χ1v) is 12.5. The van der Waals surface area contributed by atoms with Crippen LogP contribution in [0.15, 0.2) is 24.3 Å². The lowest BCUT2D eigenvalue weighted by molar-refractivity contribution is -0.166. The average Bonchev–Trinajstić information content (AvgIpc) is 2.77. The molecular formula is C29H40N2O4. The third-order valence-corrected chi connectivity index (χ3v) is 6.58. The van der Waals surface area contributed by atoms with Crippen LogP contribution >= 0.6 is 0 Å². The van der Waals surface area contributed by atoms with Crippen molar-refractivity contribution in [1.29, 1.82) is 0 Å². The van der Waals surface area contributed by atoms with E-state index in [0.29, 0.717) is 5.56 Å². The quantitative estimate of drug-likeness (QED) is 0.346. The van der Waals surface area contributed by atoms with Crippen molar-refractivity contribution in [2.45, 2.75) is 79.9 Å². The molecular weight excluding hydrogens is 440 g/mol. The van der Waals surface area contributed by atoms with Gasteiger partial charge in [-0.25, -0.2) is 4.79 Å². The maximum Gasteiger partial charge on any atom is 0.340 e. The van der Waals surface area contributed by atoms with Crippen molar-refractivity contribution in [2.24, 2.45) is 5.41 Å². The fourth-order valence-electron chi connectivity index (χ4n) is 4.69. The van der Waals surface area contributed by atoms with Crippen molar-refractivity contribution in [3.63, 3.8) is 0 Å². The summed E-state index contributed by atoms with van der Waals surface area (Å²) in [7, 11) is 0. The lowest BCUT2D eigenvalue weighted by Gasteiger charge is -2.41. The Kier molecular flexibility index (Phi) is 8.05. The molecule has 1 fully saturated rings. The number of aldehydes is 1. The Bertz CT molecular complexity index is 1060. The van der Waals surface area contributed by atoms with Crippen LogP contribution in [0.5, 0.6) is 0 Å². The minimum Gasteiger partial charge on any atom is -0.464 e. The number of carbonyl (C=O) groups is 2. The molecule has 3 rings (SSSR count). The van der Waals surface area contributed by atoms with Gasteiger partial charge < -0.3 is 14.4 Å². The van der Waals surface area contributed by atoms with E-state index in [9.17, 15) is 9.59 Å². The van der Waals surface area contributed by atoms with Crippen molar-refractivity contribution in [3.8, 4) is 11.1 Å². The van der Waals surface area contributed by atoms with Crippen molar-refractivity contribution in [3.05, 3.63) is 46.8 Å². The van der Waals surface area contributed by atoms with Crippen molar-refractivity contribution in [1.82, 2.24) is 4.98 Å². The van der Waals surface area contributed by atoms with Crippen molar-refractivity contribution >= 4 is 17.9 Å². The number of hydrogen-bond acceptors (Lipinski definition) is 6. The van der Waals surface area contributed by atoms with Gasteiger partial charge in [0.25, 0.3) is 0 Å². The highest BCUT2D eigenvalue weighted by atomic mass is 16.6. The van der Waals surface area contributed by atoms with Crippen LogP contribution in [-0.2, 0) is 14.3 Å². The topological polar surface area (TPSA) is 68.7 Å². The highest BCUT2D eigenvalue weighted by Gasteiger charge is 2.37. The molecule has 1 aliphatic heterocycles. The summed E-state index contributed by atoms with van der Waals surface area (Å²) in [5, 5.41) is 0. The maximum atomic E-state index is 13.3. The number of esters is 1. The smallest absolute Gasteiger partial charge is 0.340 e. The Morgan fingerprint density at radius 3 is 2.23 bits per heavy atom. The molecule has 0 aliphatic carbocycles. The van der Waals surface area contributed by atoms with Crippen molar-refractivity contribution < 1.29 is 19.1 Å². The van der Waals surface area contributed by atoms with Gasteiger partial charge in [0, 0.05) is 41.2 Å². The molecule has 2 aromatic rings. The zero-order chi connectivity index (χ0) is 26.0. The monoisotopic (exact) mass is 480 g/mol. The van der Waals surface area contributed by atoms with Gasteiger partial charge in [-0.05, 0) is 65.4 Å². The molecule has 6 heteroatoms. The highest BCUT2D eigenvalue weighted by molar-refractivity contribution is 5.89. The van der Waals surface area contributed by atoms with E-state index in [1.807, 2.05) is 58.9 Å². The minimum atomic E-state index is -0.902. The number of hydrogen-bond donors (Lipinski definition) is 0. The molecule has 1 atom stereocenters. The standard InChI is InChI=1S/C29H40N2O4/c1-9-34-27(33)26(35-28(4,5)6)24-20(3)30-19(2)23(22-12-10-21(18-32)11-13-22)25(24)31-16-14-29(7,8)15-17-31/h10-13,18,26H,9,14-17H2,1-8H3/t26-/m0/s1. The minimum absolute atomic E-state index is 0.266. The van der Waals surface area contributed by atoms with Gasteiger partial charge in [-0.15, -0.1) is 0 Å². The summed E-state index contributed by atoms with van der Waals surface area (Å²) >= 11 is 0. The van der Waals surface area contributed by atoms with Crippen LogP contribution < -0.4 is 4.90 Å². The molecule has 0 amide bonds. The normalized spacial score (nSPS) is 16.6. The Labute approximate surface area is 210 Å². The molecule has 6 nitrogen and oxygen atoms in total. The largest absolute Gasteiger partial charge is 0.464 e. The number of nitrogens with zero attached hydrogens (tertiary/aromatic N) is 2. The van der Waals surface area contributed by atoms with Crippen molar-refractivity contribution in [2.75, 3.05) is 24.6 Å². The summed E-state index contributed by atoms with van der Waals surface area (Å²) in [5.41, 5.74) is 5.62. The molecule has 2 heterocycles. The lowest BCUT2D eigenvalue weighted by Crippen LogP contribution is -2.39. The van der Waals surface area contributed by atoms with E-state index < -0.39 is 17.7 Å². The number of ether oxygens (including phenoxy) is 2. The molecule has 0 saturated carbocycles. The molecule has 190 valence electrons. The summed E-state index contributed by atoms with van der Waals surface area (Å²) in [5.74, 6) is -0.406. The number of piperidine rings is 1. The number of pyridine rings is 1. The first-order chi connectivity index (χ1) is 16.4. The summed E-state index contributed by atoms with van der Waals surface area (Å²) in [6.45, 7) is 18.2. The second-order valence-electron chi connectivity index (χ2n) is 11.2. The second kappa shape index (κ2) is 10.5. The molecule has 0 spiro atoms. The van der Waals surface area contributed by atoms with E-state index in [2.05, 4.69) is 18.7 Å². The number of anilines is 1. The van der Waals surface area contributed by atoms with Gasteiger partial charge in [-0.2, -0.15) is 0 Å². The number of aryl methyl sites for hydroxylation is 2. The number of aromatic nitrogens is 1. The van der Waals surface area contributed by atoms with Gasteiger partial charge in [0.1, 0.15) is 6.29 Å². The first-order valence-electron chi connectivity index (χ1n) is 12.5. The summed E-state index contributed by atoms with van der Waals surface area (Å²) in [4.78, 5) is 31.8. The van der Waals surface area contributed by atoms with E-state index in [4.69, 9.17) is 14.5 Å². The number of rotatable bonds is 7. The fraction of sp³-hybridized carbons (Fsp3) is 0.552. The van der Waals surface area contributed by atoms with Gasteiger partial charge >= 0.3 is 5.97 Å². The fourth-order valence-corrected chi connectivity index (χ4v) is 4.69. The van der Waals surface area contributed by atoms with Gasteiger partial charge in [-0.3, -0.25) is 9.78 Å². The molecule has 0 unspecified atom stereocenters. The molecule has 1 aliphatic rings. The first kappa shape index (κ1) is 26.9. The molecule has 35 heavy (non-hydrogen) atoms. The van der Waals surface area contributed by atoms with Gasteiger partial charge in [0.05, 0.1) is 17.9 Å². The van der Waals surface area contributed by atoms with E-state index >= 15 is 0 Å². The van der Waals surface area contributed by atoms with Crippen LogP contribution in [0.4, 0.5) is 5.69 Å². The number of benzene rings is 1. The Morgan fingerprint density at radius 2 is 1.71 bits per heavy atom. The predicted octanol–water partition coefficient (Wildman–Crippen LogP) is 6.22. The average molecular weight is 481 g/mol. The number of carbonyl (C=O) groups excluding carboxylic acids is 2. The van der Waals surface area contributed by atoms with E-state index in [-0.39, 0.29) is 12.0 Å². The van der Waals surface area contributed by atoms with Gasteiger partial charge in [0.2, 0.25) is 0 Å². The molecule has 1 aromatic carbocycles. The van der Waals surface area contributed by atoms with E-state index in [1.54, 1.807) is 6.92 Å². The molecule has 0 radical (unpaired) electrons.